The second kappa shape index (κ2) is 8.60. The predicted octanol–water partition coefficient (Wildman–Crippen LogP) is 6.94. The van der Waals surface area contributed by atoms with Crippen molar-refractivity contribution in [2.24, 2.45) is 0 Å². The van der Waals surface area contributed by atoms with Crippen molar-refractivity contribution < 1.29 is 14.3 Å². The number of hydrogen-bond acceptors (Lipinski definition) is 4. The minimum absolute atomic E-state index is 0.633. The van der Waals surface area contributed by atoms with E-state index in [0.717, 1.165) is 33.3 Å². The molecule has 0 aliphatic rings. The van der Waals surface area contributed by atoms with E-state index in [-0.39, 0.29) is 0 Å². The highest BCUT2D eigenvalue weighted by Gasteiger charge is 2.26. The normalized spacial score (nSPS) is 12.4. The third kappa shape index (κ3) is 4.92. The number of nitrogens with zero attached hydrogens (tertiary/aromatic N) is 1. The number of carbonyl (C=O) groups excluding carboxylic acids is 1. The van der Waals surface area contributed by atoms with Crippen molar-refractivity contribution in [1.82, 2.24) is 4.98 Å². The van der Waals surface area contributed by atoms with Gasteiger partial charge in [-0.2, -0.15) is 0 Å². The molecule has 0 saturated heterocycles. The van der Waals surface area contributed by atoms with E-state index in [4.69, 9.17) is 14.5 Å². The van der Waals surface area contributed by atoms with Crippen molar-refractivity contribution in [2.45, 2.75) is 32.5 Å². The molecule has 4 heteroatoms. The van der Waals surface area contributed by atoms with E-state index in [1.54, 1.807) is 0 Å². The first-order valence-corrected chi connectivity index (χ1v) is 10.3. The van der Waals surface area contributed by atoms with Gasteiger partial charge in [-0.05, 0) is 38.5 Å². The molecule has 1 atom stereocenters. The Balaban J connectivity index is 1.87. The quantitative estimate of drug-likeness (QED) is 0.341. The van der Waals surface area contributed by atoms with Crippen LogP contribution in [0.15, 0.2) is 91.0 Å². The maximum Gasteiger partial charge on any atom is 0.509 e. The molecular weight excluding hydrogens is 386 g/mol. The van der Waals surface area contributed by atoms with Crippen molar-refractivity contribution in [3.05, 3.63) is 102 Å². The molecule has 0 N–H and O–H groups in total. The van der Waals surface area contributed by atoms with Gasteiger partial charge < -0.3 is 9.47 Å². The summed E-state index contributed by atoms with van der Waals surface area (Å²) in [6.45, 7) is 5.46. The zero-order chi connectivity index (χ0) is 21.8. The molecule has 0 bridgehead atoms. The zero-order valence-electron chi connectivity index (χ0n) is 17.9. The standard InChI is InChI=1S/C27H25NO3/c1-27(2,3)31-26(29)30-25(20-14-8-5-9-15-20)22-18-24(19-12-6-4-7-13-19)28-23-17-11-10-16-21(22)23/h4-18,25H,1-3H3. The average molecular weight is 412 g/mol. The third-order valence-corrected chi connectivity index (χ3v) is 4.81. The van der Waals surface area contributed by atoms with E-state index in [0.29, 0.717) is 0 Å². The summed E-state index contributed by atoms with van der Waals surface area (Å²) in [7, 11) is 0. The number of pyridine rings is 1. The molecule has 156 valence electrons. The summed E-state index contributed by atoms with van der Waals surface area (Å²) < 4.78 is 11.4. The van der Waals surface area contributed by atoms with Crippen molar-refractivity contribution in [2.75, 3.05) is 0 Å². The lowest BCUT2D eigenvalue weighted by molar-refractivity contribution is -0.0199. The number of benzene rings is 3. The fourth-order valence-corrected chi connectivity index (χ4v) is 3.49. The minimum atomic E-state index is -0.705. The lowest BCUT2D eigenvalue weighted by Gasteiger charge is -2.24. The van der Waals surface area contributed by atoms with Crippen molar-refractivity contribution in [1.29, 1.82) is 0 Å². The highest BCUT2D eigenvalue weighted by molar-refractivity contribution is 5.86. The molecule has 1 aromatic heterocycles. The van der Waals surface area contributed by atoms with Crippen LogP contribution >= 0.6 is 0 Å². The molecule has 3 aromatic carbocycles. The van der Waals surface area contributed by atoms with Crippen LogP contribution in [0.5, 0.6) is 0 Å². The maximum absolute atomic E-state index is 12.6. The van der Waals surface area contributed by atoms with Crippen LogP contribution in [0, 0.1) is 0 Å². The van der Waals surface area contributed by atoms with Gasteiger partial charge >= 0.3 is 6.16 Å². The Labute approximate surface area is 182 Å². The van der Waals surface area contributed by atoms with Crippen LogP contribution in [0.2, 0.25) is 0 Å². The van der Waals surface area contributed by atoms with Crippen LogP contribution in [0.25, 0.3) is 22.2 Å². The Kier molecular flexibility index (Phi) is 5.72. The average Bonchev–Trinajstić information content (AvgIpc) is 2.77. The van der Waals surface area contributed by atoms with Crippen molar-refractivity contribution in [3.8, 4) is 11.3 Å². The van der Waals surface area contributed by atoms with Gasteiger partial charge in [0.15, 0.2) is 6.10 Å². The second-order valence-electron chi connectivity index (χ2n) is 8.35. The van der Waals surface area contributed by atoms with Gasteiger partial charge in [-0.1, -0.05) is 78.9 Å². The summed E-state index contributed by atoms with van der Waals surface area (Å²) in [6.07, 6.45) is -1.34. The Morgan fingerprint density at radius 3 is 2.13 bits per heavy atom. The fourth-order valence-electron chi connectivity index (χ4n) is 3.49. The topological polar surface area (TPSA) is 48.4 Å². The molecule has 0 saturated carbocycles. The number of rotatable bonds is 4. The summed E-state index contributed by atoms with van der Waals surface area (Å²) in [6, 6.07) is 29.6. The van der Waals surface area contributed by atoms with E-state index >= 15 is 0 Å². The molecular formula is C27H25NO3. The minimum Gasteiger partial charge on any atom is -0.429 e. The molecule has 0 spiro atoms. The molecule has 0 aliphatic heterocycles. The van der Waals surface area contributed by atoms with Crippen LogP contribution in [0.3, 0.4) is 0 Å². The number of ether oxygens (including phenoxy) is 2. The molecule has 0 fully saturated rings. The first-order chi connectivity index (χ1) is 14.9. The molecule has 31 heavy (non-hydrogen) atoms. The first kappa shape index (κ1) is 20.6. The molecule has 1 heterocycles. The lowest BCUT2D eigenvalue weighted by Crippen LogP contribution is -2.26. The van der Waals surface area contributed by atoms with Crippen LogP contribution in [0.1, 0.15) is 38.0 Å². The Morgan fingerprint density at radius 1 is 0.839 bits per heavy atom. The van der Waals surface area contributed by atoms with E-state index in [1.807, 2.05) is 112 Å². The van der Waals surface area contributed by atoms with E-state index in [2.05, 4.69) is 0 Å². The number of para-hydroxylation sites is 1. The smallest absolute Gasteiger partial charge is 0.429 e. The Bertz CT molecular complexity index is 1180. The summed E-state index contributed by atoms with van der Waals surface area (Å²) in [5.74, 6) is 0. The molecule has 0 amide bonds. The third-order valence-electron chi connectivity index (χ3n) is 4.81. The van der Waals surface area contributed by atoms with E-state index < -0.39 is 17.9 Å². The fraction of sp³-hybridized carbons (Fsp3) is 0.185. The largest absolute Gasteiger partial charge is 0.509 e. The monoisotopic (exact) mass is 411 g/mol. The maximum atomic E-state index is 12.6. The van der Waals surface area contributed by atoms with E-state index in [1.165, 1.54) is 0 Å². The van der Waals surface area contributed by atoms with Crippen LogP contribution < -0.4 is 0 Å². The molecule has 4 rings (SSSR count). The summed E-state index contributed by atoms with van der Waals surface area (Å²) in [4.78, 5) is 17.5. The van der Waals surface area contributed by atoms with Gasteiger partial charge in [-0.3, -0.25) is 0 Å². The van der Waals surface area contributed by atoms with Crippen LogP contribution in [-0.4, -0.2) is 16.7 Å². The SMILES string of the molecule is CC(C)(C)OC(=O)OC(c1ccccc1)c1cc(-c2ccccc2)nc2ccccc12. The van der Waals surface area contributed by atoms with Gasteiger partial charge in [0.2, 0.25) is 0 Å². The van der Waals surface area contributed by atoms with Crippen molar-refractivity contribution >= 4 is 17.1 Å². The molecule has 1 unspecified atom stereocenters. The number of hydrogen-bond donors (Lipinski definition) is 0. The number of aromatic nitrogens is 1. The van der Waals surface area contributed by atoms with Gasteiger partial charge in [-0.15, -0.1) is 0 Å². The zero-order valence-corrected chi connectivity index (χ0v) is 17.9. The Morgan fingerprint density at radius 2 is 1.45 bits per heavy atom. The van der Waals surface area contributed by atoms with Gasteiger partial charge in [-0.25, -0.2) is 9.78 Å². The van der Waals surface area contributed by atoms with Crippen LogP contribution in [0.4, 0.5) is 4.79 Å². The predicted molar refractivity (Wildman–Crippen MR) is 123 cm³/mol. The van der Waals surface area contributed by atoms with Gasteiger partial charge in [0.05, 0.1) is 11.2 Å². The van der Waals surface area contributed by atoms with Crippen LogP contribution in [-0.2, 0) is 9.47 Å². The van der Waals surface area contributed by atoms with E-state index in [9.17, 15) is 4.79 Å². The number of fused-ring (bicyclic) bond motifs is 1. The molecule has 0 aliphatic carbocycles. The molecule has 4 aromatic rings. The number of carbonyl (C=O) groups is 1. The van der Waals surface area contributed by atoms with Gasteiger partial charge in [0.25, 0.3) is 0 Å². The Hall–Kier alpha value is -3.66. The first-order valence-electron chi connectivity index (χ1n) is 10.3. The molecule has 4 nitrogen and oxygen atoms in total. The lowest BCUT2D eigenvalue weighted by atomic mass is 9.96. The van der Waals surface area contributed by atoms with Gasteiger partial charge in [0.1, 0.15) is 5.60 Å². The highest BCUT2D eigenvalue weighted by atomic mass is 16.7. The van der Waals surface area contributed by atoms with Crippen molar-refractivity contribution in [3.63, 3.8) is 0 Å². The second-order valence-corrected chi connectivity index (χ2v) is 8.35. The molecule has 0 radical (unpaired) electrons. The summed E-state index contributed by atoms with van der Waals surface area (Å²) in [5.41, 5.74) is 3.74. The summed E-state index contributed by atoms with van der Waals surface area (Å²) in [5, 5.41) is 0.930. The van der Waals surface area contributed by atoms with Gasteiger partial charge in [0, 0.05) is 16.5 Å². The highest BCUT2D eigenvalue weighted by Crippen LogP contribution is 2.34. The summed E-state index contributed by atoms with van der Waals surface area (Å²) >= 11 is 0.